The second-order valence-electron chi connectivity index (χ2n) is 28.2. The van der Waals surface area contributed by atoms with E-state index in [1.807, 2.05) is 33.3 Å². The summed E-state index contributed by atoms with van der Waals surface area (Å²) in [6.07, 6.45) is 82.1. The number of likely N-dealkylation sites (N-methyl/N-ethyl adjacent to an activating group) is 1. The van der Waals surface area contributed by atoms with Crippen molar-refractivity contribution in [1.82, 2.24) is 5.32 Å². The first-order valence-electron chi connectivity index (χ1n) is 39.0. The van der Waals surface area contributed by atoms with Gasteiger partial charge in [0.05, 0.1) is 33.8 Å². The van der Waals surface area contributed by atoms with Gasteiger partial charge in [-0.15, -0.1) is 0 Å². The number of phosphoric acid groups is 1. The summed E-state index contributed by atoms with van der Waals surface area (Å²) >= 11 is 0. The molecule has 0 rings (SSSR count). The number of quaternary nitrogens is 1. The molecule has 87 heavy (non-hydrogen) atoms. The summed E-state index contributed by atoms with van der Waals surface area (Å²) in [4.78, 5) is 40.3. The number of nitrogens with zero attached hydrogens (tertiary/aromatic N) is 1. The molecule has 0 aromatic heterocycles. The molecule has 0 aliphatic carbocycles. The molecule has 1 amide bonds. The lowest BCUT2D eigenvalue weighted by atomic mass is 10.0. The van der Waals surface area contributed by atoms with Crippen LogP contribution in [0.15, 0.2) is 12.2 Å². The van der Waals surface area contributed by atoms with Crippen LogP contribution in [-0.4, -0.2) is 69.4 Å². The fraction of sp³-hybridized carbons (Fsp3) is 0.948. The number of amides is 1. The highest BCUT2D eigenvalue weighted by molar-refractivity contribution is 7.45. The molecular weight excluding hydrogens is 1100 g/mol. The Morgan fingerprint density at radius 3 is 0.943 bits per heavy atom. The normalized spacial score (nSPS) is 13.4. The molecule has 3 atom stereocenters. The number of allylic oxidation sites excluding steroid dienone is 1. The maximum atomic E-state index is 13.6. The average molecular weight is 1250 g/mol. The first-order chi connectivity index (χ1) is 42.4. The van der Waals surface area contributed by atoms with E-state index in [-0.39, 0.29) is 31.5 Å². The predicted molar refractivity (Wildman–Crippen MR) is 377 cm³/mol. The molecule has 0 aromatic carbocycles. The van der Waals surface area contributed by atoms with Crippen LogP contribution in [0.25, 0.3) is 0 Å². The van der Waals surface area contributed by atoms with Crippen molar-refractivity contribution in [2.24, 2.45) is 0 Å². The molecule has 0 fully saturated rings. The zero-order chi connectivity index (χ0) is 63.5. The van der Waals surface area contributed by atoms with Crippen molar-refractivity contribution in [3.05, 3.63) is 12.2 Å². The third kappa shape index (κ3) is 68.9. The third-order valence-corrected chi connectivity index (χ3v) is 19.2. The van der Waals surface area contributed by atoms with E-state index in [9.17, 15) is 19.0 Å². The van der Waals surface area contributed by atoms with Crippen LogP contribution in [0.3, 0.4) is 0 Å². The van der Waals surface area contributed by atoms with Gasteiger partial charge in [-0.05, 0) is 31.8 Å². The van der Waals surface area contributed by atoms with E-state index in [1.54, 1.807) is 0 Å². The molecule has 0 saturated heterocycles. The van der Waals surface area contributed by atoms with Gasteiger partial charge < -0.3 is 28.5 Å². The van der Waals surface area contributed by atoms with Crippen molar-refractivity contribution in [3.8, 4) is 0 Å². The molecule has 0 bridgehead atoms. The molecule has 3 unspecified atom stereocenters. The van der Waals surface area contributed by atoms with Gasteiger partial charge in [0, 0.05) is 12.8 Å². The van der Waals surface area contributed by atoms with E-state index in [4.69, 9.17) is 13.8 Å². The number of carbonyl (C=O) groups is 2. The standard InChI is InChI=1S/C77H153N2O7P/c1-7-10-13-16-19-22-25-28-30-32-34-36-38-39-41-42-44-46-48-51-54-57-60-63-66-69-76(80)78-74(73-85-87(82,83)84-72-71-79(4,5)6)75(68-65-62-59-56-53-50-27-24-21-18-15-12-9-3)86-77(81)70-67-64-61-58-55-52-49-47-45-43-40-37-35-33-31-29-26-23-20-17-14-11-8-2/h65,68,74-75H,7-64,66-67,69-73H2,1-6H3,(H-,78,80,82,83)/b68-65+. The summed E-state index contributed by atoms with van der Waals surface area (Å²) in [5.74, 6) is -0.509. The second-order valence-corrected chi connectivity index (χ2v) is 29.6. The molecule has 0 aliphatic heterocycles. The molecule has 9 nitrogen and oxygen atoms in total. The monoisotopic (exact) mass is 1250 g/mol. The number of nitrogens with one attached hydrogen (secondary N) is 1. The third-order valence-electron chi connectivity index (χ3n) is 18.2. The zero-order valence-electron chi connectivity index (χ0n) is 59.5. The summed E-state index contributed by atoms with van der Waals surface area (Å²) in [5, 5.41) is 3.06. The van der Waals surface area contributed by atoms with E-state index in [0.717, 1.165) is 57.8 Å². The van der Waals surface area contributed by atoms with Gasteiger partial charge in [-0.25, -0.2) is 0 Å². The molecule has 10 heteroatoms. The van der Waals surface area contributed by atoms with Gasteiger partial charge in [-0.3, -0.25) is 14.2 Å². The van der Waals surface area contributed by atoms with Gasteiger partial charge in [0.2, 0.25) is 5.91 Å². The molecule has 0 radical (unpaired) electrons. The van der Waals surface area contributed by atoms with Gasteiger partial charge in [-0.1, -0.05) is 386 Å². The fourth-order valence-electron chi connectivity index (χ4n) is 12.2. The van der Waals surface area contributed by atoms with Crippen LogP contribution < -0.4 is 10.2 Å². The molecular formula is C77H153N2O7P. The van der Waals surface area contributed by atoms with Crippen LogP contribution in [0, 0.1) is 0 Å². The molecule has 0 heterocycles. The van der Waals surface area contributed by atoms with Crippen LogP contribution in [0.2, 0.25) is 0 Å². The van der Waals surface area contributed by atoms with E-state index in [1.165, 1.54) is 327 Å². The van der Waals surface area contributed by atoms with Crippen molar-refractivity contribution < 1.29 is 37.3 Å². The molecule has 0 spiro atoms. The highest BCUT2D eigenvalue weighted by Crippen LogP contribution is 2.38. The van der Waals surface area contributed by atoms with E-state index in [2.05, 4.69) is 26.1 Å². The number of carbonyl (C=O) groups excluding carboxylic acids is 2. The van der Waals surface area contributed by atoms with Crippen LogP contribution in [0.4, 0.5) is 0 Å². The summed E-state index contributed by atoms with van der Waals surface area (Å²) in [7, 11) is 1.22. The SMILES string of the molecule is CCCCCCCCCCCCC/C=C/C(OC(=O)CCCCCCCCCCCCCCCCCCCCCCCCC)C(COP(=O)([O-])OCC[N+](C)(C)C)NC(=O)CCCCCCCCCCCCCCCCCCCCCCCCCCC. The molecule has 0 saturated carbocycles. The Labute approximate surface area is 543 Å². The Balaban J connectivity index is 4.95. The quantitative estimate of drug-likeness (QED) is 0.0212. The van der Waals surface area contributed by atoms with Gasteiger partial charge in [0.1, 0.15) is 19.3 Å². The summed E-state index contributed by atoms with van der Waals surface area (Å²) < 4.78 is 30.6. The fourth-order valence-corrected chi connectivity index (χ4v) is 13.0. The van der Waals surface area contributed by atoms with Crippen molar-refractivity contribution >= 4 is 19.7 Å². The minimum atomic E-state index is -4.70. The van der Waals surface area contributed by atoms with Gasteiger partial charge in [0.15, 0.2) is 0 Å². The number of rotatable bonds is 73. The maximum absolute atomic E-state index is 13.6. The van der Waals surface area contributed by atoms with Gasteiger partial charge in [-0.2, -0.15) is 0 Å². The minimum Gasteiger partial charge on any atom is -0.756 e. The molecule has 1 N–H and O–H groups in total. The maximum Gasteiger partial charge on any atom is 0.306 e. The predicted octanol–water partition coefficient (Wildman–Crippen LogP) is 24.4. The number of phosphoric ester groups is 1. The second kappa shape index (κ2) is 67.6. The first kappa shape index (κ1) is 85.8. The summed E-state index contributed by atoms with van der Waals surface area (Å²) in [6.45, 7) is 6.94. The summed E-state index contributed by atoms with van der Waals surface area (Å²) in [5.41, 5.74) is 0. The average Bonchev–Trinajstić information content (AvgIpc) is 3.70. The molecule has 518 valence electrons. The number of hydrogen-bond acceptors (Lipinski definition) is 7. The van der Waals surface area contributed by atoms with E-state index in [0.29, 0.717) is 17.4 Å². The number of hydrogen-bond donors (Lipinski definition) is 1. The van der Waals surface area contributed by atoms with Crippen LogP contribution in [0.5, 0.6) is 0 Å². The minimum absolute atomic E-state index is 0.0161. The van der Waals surface area contributed by atoms with Gasteiger partial charge >= 0.3 is 5.97 Å². The highest BCUT2D eigenvalue weighted by atomic mass is 31.2. The number of esters is 1. The van der Waals surface area contributed by atoms with Gasteiger partial charge in [0.25, 0.3) is 7.82 Å². The Bertz CT molecular complexity index is 1490. The van der Waals surface area contributed by atoms with Crippen molar-refractivity contribution in [2.45, 2.75) is 431 Å². The Morgan fingerprint density at radius 2 is 0.655 bits per heavy atom. The lowest BCUT2D eigenvalue weighted by Gasteiger charge is -2.30. The lowest BCUT2D eigenvalue weighted by Crippen LogP contribution is -2.47. The van der Waals surface area contributed by atoms with Crippen molar-refractivity contribution in [1.29, 1.82) is 0 Å². The smallest absolute Gasteiger partial charge is 0.306 e. The Hall–Kier alpha value is -1.25. The van der Waals surface area contributed by atoms with Crippen molar-refractivity contribution in [3.63, 3.8) is 0 Å². The van der Waals surface area contributed by atoms with E-state index >= 15 is 0 Å². The molecule has 0 aromatic rings. The van der Waals surface area contributed by atoms with Crippen LogP contribution >= 0.6 is 7.82 Å². The highest BCUT2D eigenvalue weighted by Gasteiger charge is 2.27. The van der Waals surface area contributed by atoms with Crippen molar-refractivity contribution in [2.75, 3.05) is 40.9 Å². The number of unbranched alkanes of at least 4 members (excludes halogenated alkanes) is 57. The van der Waals surface area contributed by atoms with E-state index < -0.39 is 20.0 Å². The first-order valence-corrected chi connectivity index (χ1v) is 40.5. The van der Waals surface area contributed by atoms with Crippen LogP contribution in [-0.2, 0) is 27.9 Å². The Kier molecular flexibility index (Phi) is 66.7. The Morgan fingerprint density at radius 1 is 0.391 bits per heavy atom. The lowest BCUT2D eigenvalue weighted by molar-refractivity contribution is -0.870. The van der Waals surface area contributed by atoms with Crippen LogP contribution in [0.1, 0.15) is 419 Å². The topological polar surface area (TPSA) is 114 Å². The summed E-state index contributed by atoms with van der Waals surface area (Å²) in [6, 6.07) is -0.882. The number of ether oxygens (including phenoxy) is 1. The zero-order valence-corrected chi connectivity index (χ0v) is 60.4. The largest absolute Gasteiger partial charge is 0.756 e. The molecule has 0 aliphatic rings.